The molecule has 0 saturated heterocycles. The minimum atomic E-state index is -0.727. The van der Waals surface area contributed by atoms with E-state index >= 15 is 0 Å². The summed E-state index contributed by atoms with van der Waals surface area (Å²) in [4.78, 5) is 10.7. The van der Waals surface area contributed by atoms with E-state index in [2.05, 4.69) is 24.3 Å². The van der Waals surface area contributed by atoms with E-state index in [1.807, 2.05) is 17.8 Å². The van der Waals surface area contributed by atoms with Crippen LogP contribution in [0, 0.1) is 0 Å². The Morgan fingerprint density at radius 2 is 1.79 bits per heavy atom. The van der Waals surface area contributed by atoms with Crippen molar-refractivity contribution in [3.05, 3.63) is 53.6 Å². The second-order valence-corrected chi connectivity index (χ2v) is 9.40. The zero-order valence-corrected chi connectivity index (χ0v) is 18.2. The van der Waals surface area contributed by atoms with Crippen LogP contribution in [-0.4, -0.2) is 42.9 Å². The van der Waals surface area contributed by atoms with Crippen molar-refractivity contribution in [2.75, 3.05) is 5.75 Å². The van der Waals surface area contributed by atoms with Gasteiger partial charge in [0.15, 0.2) is 0 Å². The molecule has 0 aliphatic rings. The fraction of sp³-hybridized carbons (Fsp3) is 0.409. The number of thioether (sulfide) groups is 2. The predicted octanol–water partition coefficient (Wildman–Crippen LogP) is 3.55. The van der Waals surface area contributed by atoms with Crippen LogP contribution >= 0.6 is 23.5 Å². The van der Waals surface area contributed by atoms with Gasteiger partial charge in [0.2, 0.25) is 0 Å². The minimum absolute atomic E-state index is 0.152. The topological polar surface area (TPSA) is 57.5 Å². The molecule has 1 unspecified atom stereocenters. The van der Waals surface area contributed by atoms with Gasteiger partial charge in [-0.2, -0.15) is 23.5 Å². The molecule has 3 nitrogen and oxygen atoms in total. The lowest BCUT2D eigenvalue weighted by Crippen LogP contribution is -2.17. The molecule has 29 heavy (non-hydrogen) atoms. The third-order valence-electron chi connectivity index (χ3n) is 4.61. The van der Waals surface area contributed by atoms with Crippen LogP contribution in [-0.2, 0) is 16.3 Å². The zero-order chi connectivity index (χ0) is 21.1. The Kier molecular flexibility index (Phi) is 10.6. The standard InChI is InChI=1S/C22H26B2O3S2/c23-17-12-20(24)19(21(25)13-17)15-28-11-10-18(8-4-5-9-22(26)27)29-14-16-6-2-1-3-7-16/h1-3,6-7,12-13,18,25H,4-5,8-11,14-15H2,(H,26,27). The number of phenolic OH excluding ortho intramolecular Hbond substituents is 1. The molecule has 4 radical (unpaired) electrons. The second-order valence-electron chi connectivity index (χ2n) is 7.01. The maximum absolute atomic E-state index is 10.7. The van der Waals surface area contributed by atoms with Gasteiger partial charge in [-0.05, 0) is 42.2 Å². The molecule has 1 atom stereocenters. The Bertz CT molecular complexity index is 749. The first-order chi connectivity index (χ1) is 14.0. The van der Waals surface area contributed by atoms with E-state index in [4.69, 9.17) is 20.8 Å². The van der Waals surface area contributed by atoms with Crippen LogP contribution in [0.25, 0.3) is 0 Å². The van der Waals surface area contributed by atoms with Gasteiger partial charge in [0.05, 0.1) is 0 Å². The molecule has 2 aromatic carbocycles. The van der Waals surface area contributed by atoms with E-state index in [-0.39, 0.29) is 12.2 Å². The van der Waals surface area contributed by atoms with Crippen LogP contribution in [0.2, 0.25) is 0 Å². The van der Waals surface area contributed by atoms with Gasteiger partial charge in [0.1, 0.15) is 21.4 Å². The summed E-state index contributed by atoms with van der Waals surface area (Å²) in [5.74, 6) is 1.98. The Hall–Kier alpha value is -1.46. The molecule has 2 rings (SSSR count). The third kappa shape index (κ3) is 9.26. The molecule has 0 saturated carbocycles. The van der Waals surface area contributed by atoms with E-state index in [1.165, 1.54) is 11.6 Å². The number of carboxylic acid groups (broad SMARTS) is 1. The van der Waals surface area contributed by atoms with Crippen LogP contribution in [0.3, 0.4) is 0 Å². The summed E-state index contributed by atoms with van der Waals surface area (Å²) >= 11 is 3.68. The number of aromatic hydroxyl groups is 1. The lowest BCUT2D eigenvalue weighted by molar-refractivity contribution is -0.137. The van der Waals surface area contributed by atoms with Crippen molar-refractivity contribution in [1.29, 1.82) is 0 Å². The minimum Gasteiger partial charge on any atom is -0.508 e. The summed E-state index contributed by atoms with van der Waals surface area (Å²) in [7, 11) is 11.7. The van der Waals surface area contributed by atoms with E-state index < -0.39 is 5.97 Å². The average molecular weight is 424 g/mol. The lowest BCUT2D eigenvalue weighted by atomic mass is 9.84. The van der Waals surface area contributed by atoms with Crippen molar-refractivity contribution < 1.29 is 15.0 Å². The van der Waals surface area contributed by atoms with E-state index in [0.717, 1.165) is 42.8 Å². The number of unbranched alkanes of at least 4 members (excludes halogenated alkanes) is 1. The fourth-order valence-corrected chi connectivity index (χ4v) is 5.50. The van der Waals surface area contributed by atoms with Crippen molar-refractivity contribution in [3.63, 3.8) is 0 Å². The number of carbonyl (C=O) groups is 1. The molecule has 0 heterocycles. The molecule has 2 aromatic rings. The predicted molar refractivity (Wildman–Crippen MR) is 127 cm³/mol. The normalized spacial score (nSPS) is 12.0. The molecule has 150 valence electrons. The van der Waals surface area contributed by atoms with Crippen molar-refractivity contribution in [1.82, 2.24) is 0 Å². The first-order valence-electron chi connectivity index (χ1n) is 9.77. The zero-order valence-electron chi connectivity index (χ0n) is 16.5. The van der Waals surface area contributed by atoms with Crippen LogP contribution in [0.4, 0.5) is 0 Å². The van der Waals surface area contributed by atoms with E-state index in [9.17, 15) is 9.90 Å². The molecule has 0 bridgehead atoms. The highest BCUT2D eigenvalue weighted by atomic mass is 32.2. The Morgan fingerprint density at radius 3 is 2.48 bits per heavy atom. The summed E-state index contributed by atoms with van der Waals surface area (Å²) in [5, 5.41) is 19.4. The number of phenols is 1. The van der Waals surface area contributed by atoms with Gasteiger partial charge in [-0.1, -0.05) is 53.7 Å². The molecule has 0 fully saturated rings. The van der Waals surface area contributed by atoms with Gasteiger partial charge in [-0.3, -0.25) is 4.79 Å². The largest absolute Gasteiger partial charge is 0.508 e. The summed E-state index contributed by atoms with van der Waals surface area (Å²) < 4.78 is 0. The summed E-state index contributed by atoms with van der Waals surface area (Å²) in [6.45, 7) is 0. The van der Waals surface area contributed by atoms with Gasteiger partial charge < -0.3 is 10.2 Å². The molecule has 0 aliphatic heterocycles. The van der Waals surface area contributed by atoms with Crippen LogP contribution in [0.5, 0.6) is 5.75 Å². The second kappa shape index (κ2) is 13.0. The van der Waals surface area contributed by atoms with Crippen LogP contribution in [0.15, 0.2) is 42.5 Å². The molecule has 2 N–H and O–H groups in total. The maximum atomic E-state index is 10.7. The van der Waals surface area contributed by atoms with Gasteiger partial charge in [0, 0.05) is 23.2 Å². The smallest absolute Gasteiger partial charge is 0.303 e. The summed E-state index contributed by atoms with van der Waals surface area (Å²) in [6, 6.07) is 13.6. The highest BCUT2D eigenvalue weighted by Crippen LogP contribution is 2.28. The SMILES string of the molecule is [B]c1cc([B])c(CSCCC(CCCCC(=O)O)SCc2ccccc2)c(O)c1. The molecular weight excluding hydrogens is 398 g/mol. The number of hydrogen-bond acceptors (Lipinski definition) is 4. The van der Waals surface area contributed by atoms with E-state index in [0.29, 0.717) is 21.9 Å². The van der Waals surface area contributed by atoms with Crippen LogP contribution < -0.4 is 10.9 Å². The Labute approximate surface area is 184 Å². The highest BCUT2D eigenvalue weighted by Gasteiger charge is 2.12. The number of carboxylic acids is 1. The van der Waals surface area contributed by atoms with Crippen molar-refractivity contribution in [2.45, 2.75) is 48.9 Å². The maximum Gasteiger partial charge on any atom is 0.303 e. The fourth-order valence-electron chi connectivity index (χ4n) is 3.00. The molecule has 7 heteroatoms. The number of benzene rings is 2. The first kappa shape index (κ1) is 23.8. The quantitative estimate of drug-likeness (QED) is 0.381. The van der Waals surface area contributed by atoms with Gasteiger partial charge in [0.25, 0.3) is 0 Å². The Morgan fingerprint density at radius 1 is 1.03 bits per heavy atom. The van der Waals surface area contributed by atoms with Crippen molar-refractivity contribution >= 4 is 56.1 Å². The summed E-state index contributed by atoms with van der Waals surface area (Å²) in [6.07, 6.45) is 3.93. The van der Waals surface area contributed by atoms with Gasteiger partial charge >= 0.3 is 5.97 Å². The number of aliphatic carboxylic acids is 1. The molecule has 0 amide bonds. The van der Waals surface area contributed by atoms with Gasteiger partial charge in [-0.15, -0.1) is 0 Å². The molecule has 0 spiro atoms. The molecule has 0 aliphatic carbocycles. The van der Waals surface area contributed by atoms with Crippen molar-refractivity contribution in [3.8, 4) is 5.75 Å². The Balaban J connectivity index is 1.81. The van der Waals surface area contributed by atoms with E-state index in [1.54, 1.807) is 17.8 Å². The van der Waals surface area contributed by atoms with Crippen LogP contribution in [0.1, 0.15) is 43.2 Å². The van der Waals surface area contributed by atoms with Crippen molar-refractivity contribution in [2.24, 2.45) is 0 Å². The van der Waals surface area contributed by atoms with Gasteiger partial charge in [-0.25, -0.2) is 0 Å². The number of hydrogen-bond donors (Lipinski definition) is 2. The summed E-state index contributed by atoms with van der Waals surface area (Å²) in [5.41, 5.74) is 3.03. The molecular formula is C22H26B2O3S2. The average Bonchev–Trinajstić information content (AvgIpc) is 2.67. The highest BCUT2D eigenvalue weighted by molar-refractivity contribution is 7.99. The third-order valence-corrected chi connectivity index (χ3v) is 7.07. The molecule has 0 aromatic heterocycles. The lowest BCUT2D eigenvalue weighted by Gasteiger charge is -2.17. The monoisotopic (exact) mass is 424 g/mol. The first-order valence-corrected chi connectivity index (χ1v) is 12.0. The number of rotatable bonds is 13.